The van der Waals surface area contributed by atoms with Crippen LogP contribution in [0.3, 0.4) is 0 Å². The molecule has 0 unspecified atom stereocenters. The molecule has 0 heterocycles. The van der Waals surface area contributed by atoms with Crippen LogP contribution in [0.4, 0.5) is 0 Å². The maximum absolute atomic E-state index is 10.7. The number of hydrogen-bond acceptors (Lipinski definition) is 4. The van der Waals surface area contributed by atoms with Crippen molar-refractivity contribution in [3.05, 3.63) is 24.0 Å². The number of ether oxygens (including phenoxy) is 1. The highest BCUT2D eigenvalue weighted by Crippen LogP contribution is 2.15. The van der Waals surface area contributed by atoms with Crippen LogP contribution in [0.5, 0.6) is 0 Å². The molecule has 0 aromatic heterocycles. The highest BCUT2D eigenvalue weighted by Gasteiger charge is 2.31. The van der Waals surface area contributed by atoms with Gasteiger partial charge in [-0.05, 0) is 12.2 Å². The Hall–Kier alpha value is -1.13. The van der Waals surface area contributed by atoms with Gasteiger partial charge in [0.25, 0.3) is 5.79 Å². The fourth-order valence-electron chi connectivity index (χ4n) is 0.725. The molecule has 0 saturated carbocycles. The van der Waals surface area contributed by atoms with Crippen molar-refractivity contribution < 1.29 is 19.7 Å². The molecule has 1 aliphatic carbocycles. The molecule has 1 rings (SSSR count). The van der Waals surface area contributed by atoms with E-state index < -0.39 is 11.6 Å². The molecule has 0 atom stereocenters. The smallest absolute Gasteiger partial charge is 0.252 e. The van der Waals surface area contributed by atoms with Gasteiger partial charge in [0.05, 0.1) is 7.11 Å². The molecule has 0 amide bonds. The largest absolute Gasteiger partial charge is 0.497 e. The topological polar surface area (TPSA) is 66.8 Å². The van der Waals surface area contributed by atoms with E-state index in [1.54, 1.807) is 0 Å². The van der Waals surface area contributed by atoms with E-state index >= 15 is 0 Å². The maximum Gasteiger partial charge on any atom is 0.252 e. The van der Waals surface area contributed by atoms with Gasteiger partial charge in [-0.2, -0.15) is 0 Å². The summed E-state index contributed by atoms with van der Waals surface area (Å²) in [5.41, 5.74) is 0. The molecule has 0 aliphatic heterocycles. The van der Waals surface area contributed by atoms with Crippen molar-refractivity contribution in [2.45, 2.75) is 5.79 Å². The molecule has 0 aromatic rings. The van der Waals surface area contributed by atoms with Gasteiger partial charge in [0.1, 0.15) is 5.76 Å². The number of carbonyl (C=O) groups is 1. The quantitative estimate of drug-likeness (QED) is 0.494. The Morgan fingerprint density at radius 2 is 2.09 bits per heavy atom. The summed E-state index contributed by atoms with van der Waals surface area (Å²) in [5, 5.41) is 17.9. The van der Waals surface area contributed by atoms with Crippen molar-refractivity contribution in [2.24, 2.45) is 0 Å². The third-order valence-electron chi connectivity index (χ3n) is 1.34. The molecule has 0 spiro atoms. The monoisotopic (exact) mass is 156 g/mol. The minimum Gasteiger partial charge on any atom is -0.497 e. The van der Waals surface area contributed by atoms with Gasteiger partial charge < -0.3 is 14.9 Å². The third kappa shape index (κ3) is 1.47. The van der Waals surface area contributed by atoms with Crippen LogP contribution in [0.2, 0.25) is 0 Å². The summed E-state index contributed by atoms with van der Waals surface area (Å²) >= 11 is 0. The predicted octanol–water partition coefficient (Wildman–Crippen LogP) is -0.664. The van der Waals surface area contributed by atoms with Crippen molar-refractivity contribution in [1.29, 1.82) is 0 Å². The number of allylic oxidation sites excluding steroid dienone is 1. The minimum atomic E-state index is -2.40. The van der Waals surface area contributed by atoms with E-state index in [0.29, 0.717) is 0 Å². The number of ketones is 1. The predicted molar refractivity (Wildman–Crippen MR) is 36.4 cm³/mol. The van der Waals surface area contributed by atoms with E-state index in [9.17, 15) is 4.79 Å². The molecule has 0 aromatic carbocycles. The zero-order valence-electron chi connectivity index (χ0n) is 5.94. The molecule has 4 heteroatoms. The van der Waals surface area contributed by atoms with E-state index in [4.69, 9.17) is 10.2 Å². The number of carbonyl (C=O) groups excluding carboxylic acids is 1. The van der Waals surface area contributed by atoms with E-state index in [1.165, 1.54) is 13.2 Å². The zero-order chi connectivity index (χ0) is 8.48. The van der Waals surface area contributed by atoms with E-state index in [1.807, 2.05) is 0 Å². The molecular formula is C7H8O4. The van der Waals surface area contributed by atoms with Gasteiger partial charge in [0.2, 0.25) is 5.78 Å². The van der Waals surface area contributed by atoms with Crippen LogP contribution in [0.1, 0.15) is 0 Å². The standard InChI is InChI=1S/C7H8O4/c1-11-5-2-3-6(8)7(9,10)4-5/h2-4,9-10H,1H3. The summed E-state index contributed by atoms with van der Waals surface area (Å²) in [6.45, 7) is 0. The van der Waals surface area contributed by atoms with Gasteiger partial charge >= 0.3 is 0 Å². The fraction of sp³-hybridized carbons (Fsp3) is 0.286. The van der Waals surface area contributed by atoms with E-state index in [0.717, 1.165) is 12.2 Å². The SMILES string of the molecule is COC1=CC(O)(O)C(=O)C=C1. The third-order valence-corrected chi connectivity index (χ3v) is 1.34. The Labute approximate surface area is 63.4 Å². The van der Waals surface area contributed by atoms with Crippen molar-refractivity contribution in [1.82, 2.24) is 0 Å². The lowest BCUT2D eigenvalue weighted by Gasteiger charge is -2.17. The van der Waals surface area contributed by atoms with Crippen molar-refractivity contribution in [3.8, 4) is 0 Å². The van der Waals surface area contributed by atoms with E-state index in [-0.39, 0.29) is 5.76 Å². The zero-order valence-corrected chi connectivity index (χ0v) is 5.94. The highest BCUT2D eigenvalue weighted by molar-refractivity contribution is 5.98. The second-order valence-electron chi connectivity index (χ2n) is 2.17. The summed E-state index contributed by atoms with van der Waals surface area (Å²) < 4.78 is 4.68. The molecule has 0 fully saturated rings. The Morgan fingerprint density at radius 1 is 1.45 bits per heavy atom. The van der Waals surface area contributed by atoms with Crippen molar-refractivity contribution >= 4 is 5.78 Å². The average molecular weight is 156 g/mol. The van der Waals surface area contributed by atoms with Crippen LogP contribution < -0.4 is 0 Å². The molecule has 60 valence electrons. The highest BCUT2D eigenvalue weighted by atomic mass is 16.5. The summed E-state index contributed by atoms with van der Waals surface area (Å²) in [6.07, 6.45) is 3.36. The Kier molecular flexibility index (Phi) is 1.80. The first-order valence-corrected chi connectivity index (χ1v) is 3.00. The van der Waals surface area contributed by atoms with Crippen LogP contribution in [0.15, 0.2) is 24.0 Å². The van der Waals surface area contributed by atoms with Crippen LogP contribution in [0.25, 0.3) is 0 Å². The summed E-state index contributed by atoms with van der Waals surface area (Å²) in [6, 6.07) is 0. The summed E-state index contributed by atoms with van der Waals surface area (Å²) in [7, 11) is 1.38. The summed E-state index contributed by atoms with van der Waals surface area (Å²) in [4.78, 5) is 10.7. The van der Waals surface area contributed by atoms with Gasteiger partial charge in [-0.3, -0.25) is 4.79 Å². The van der Waals surface area contributed by atoms with Crippen LogP contribution >= 0.6 is 0 Å². The van der Waals surface area contributed by atoms with Gasteiger partial charge in [-0.15, -0.1) is 0 Å². The minimum absolute atomic E-state index is 0.259. The first-order chi connectivity index (χ1) is 5.06. The van der Waals surface area contributed by atoms with E-state index in [2.05, 4.69) is 4.74 Å². The van der Waals surface area contributed by atoms with Crippen LogP contribution in [-0.4, -0.2) is 28.9 Å². The van der Waals surface area contributed by atoms with Gasteiger partial charge in [0, 0.05) is 6.08 Å². The van der Waals surface area contributed by atoms with Crippen LogP contribution in [-0.2, 0) is 9.53 Å². The van der Waals surface area contributed by atoms with Crippen LogP contribution in [0, 0.1) is 0 Å². The summed E-state index contributed by atoms with van der Waals surface area (Å²) in [5.74, 6) is -2.91. The first-order valence-electron chi connectivity index (χ1n) is 3.00. The molecule has 11 heavy (non-hydrogen) atoms. The molecule has 4 nitrogen and oxygen atoms in total. The van der Waals surface area contributed by atoms with Crippen molar-refractivity contribution in [2.75, 3.05) is 7.11 Å². The number of hydrogen-bond donors (Lipinski definition) is 2. The van der Waals surface area contributed by atoms with Crippen molar-refractivity contribution in [3.63, 3.8) is 0 Å². The Balaban J connectivity index is 2.93. The first kappa shape index (κ1) is 7.97. The molecule has 2 N–H and O–H groups in total. The lowest BCUT2D eigenvalue weighted by atomic mass is 10.1. The van der Waals surface area contributed by atoms with Gasteiger partial charge in [-0.1, -0.05) is 0 Å². The second-order valence-corrected chi connectivity index (χ2v) is 2.17. The van der Waals surface area contributed by atoms with Gasteiger partial charge in [0.15, 0.2) is 0 Å². The maximum atomic E-state index is 10.7. The molecule has 1 aliphatic rings. The second kappa shape index (κ2) is 2.48. The Morgan fingerprint density at radius 3 is 2.55 bits per heavy atom. The fourth-order valence-corrected chi connectivity index (χ4v) is 0.725. The van der Waals surface area contributed by atoms with Gasteiger partial charge in [-0.25, -0.2) is 0 Å². The molecular weight excluding hydrogens is 148 g/mol. The molecule has 0 saturated heterocycles. The molecule has 0 bridgehead atoms. The number of rotatable bonds is 1. The number of methoxy groups -OCH3 is 1. The molecule has 0 radical (unpaired) electrons. The average Bonchev–Trinajstić information content (AvgIpc) is 1.95. The lowest BCUT2D eigenvalue weighted by molar-refractivity contribution is -0.161. The Bertz CT molecular complexity index is 237. The normalized spacial score (nSPS) is 21.4. The lowest BCUT2D eigenvalue weighted by Crippen LogP contribution is -2.36. The number of aliphatic hydroxyl groups is 2.